The molecule has 1 aliphatic carbocycles. The maximum Gasteiger partial charge on any atom is 0.221 e. The fourth-order valence-electron chi connectivity index (χ4n) is 1.77. The highest BCUT2D eigenvalue weighted by molar-refractivity contribution is 5.76. The lowest BCUT2D eigenvalue weighted by Crippen LogP contribution is -2.32. The van der Waals surface area contributed by atoms with E-state index in [0.717, 1.165) is 5.69 Å². The van der Waals surface area contributed by atoms with E-state index in [1.54, 1.807) is 12.3 Å². The van der Waals surface area contributed by atoms with Gasteiger partial charge in [0.05, 0.1) is 12.2 Å². The van der Waals surface area contributed by atoms with Crippen molar-refractivity contribution in [1.29, 1.82) is 0 Å². The van der Waals surface area contributed by atoms with Crippen molar-refractivity contribution in [2.24, 2.45) is 11.7 Å². The summed E-state index contributed by atoms with van der Waals surface area (Å²) < 4.78 is 0. The maximum absolute atomic E-state index is 11.6. The van der Waals surface area contributed by atoms with Gasteiger partial charge in [-0.1, -0.05) is 0 Å². The number of hydrogen-bond acceptors (Lipinski definition) is 4. The van der Waals surface area contributed by atoms with Gasteiger partial charge in [0.25, 0.3) is 0 Å². The summed E-state index contributed by atoms with van der Waals surface area (Å²) in [4.78, 5) is 19.8. The lowest BCUT2D eigenvalue weighted by atomic mass is 10.1. The summed E-state index contributed by atoms with van der Waals surface area (Å²) in [6.07, 6.45) is 4.44. The Labute approximate surface area is 101 Å². The summed E-state index contributed by atoms with van der Waals surface area (Å²) in [7, 11) is 0. The third kappa shape index (κ3) is 3.78. The summed E-state index contributed by atoms with van der Waals surface area (Å²) in [5, 5.41) is 2.83. The molecule has 17 heavy (non-hydrogen) atoms. The number of amides is 1. The molecule has 1 atom stereocenters. The Kier molecular flexibility index (Phi) is 3.68. The van der Waals surface area contributed by atoms with Crippen molar-refractivity contribution >= 4 is 5.91 Å². The zero-order valence-electron chi connectivity index (χ0n) is 10.0. The Morgan fingerprint density at radius 2 is 2.41 bits per heavy atom. The number of nitrogens with two attached hydrogens (primary N) is 1. The smallest absolute Gasteiger partial charge is 0.221 e. The molecule has 0 spiro atoms. The van der Waals surface area contributed by atoms with Gasteiger partial charge in [0, 0.05) is 18.7 Å². The first-order valence-electron chi connectivity index (χ1n) is 5.96. The van der Waals surface area contributed by atoms with Gasteiger partial charge < -0.3 is 11.1 Å². The largest absolute Gasteiger partial charge is 0.350 e. The third-order valence-electron chi connectivity index (χ3n) is 2.95. The molecule has 0 bridgehead atoms. The van der Waals surface area contributed by atoms with Crippen molar-refractivity contribution < 1.29 is 4.79 Å². The van der Waals surface area contributed by atoms with Crippen LogP contribution in [0.1, 0.15) is 30.8 Å². The molecule has 1 saturated carbocycles. The van der Waals surface area contributed by atoms with E-state index in [1.807, 2.05) is 6.92 Å². The van der Waals surface area contributed by atoms with Gasteiger partial charge in [-0.15, -0.1) is 0 Å². The first-order chi connectivity index (χ1) is 8.15. The minimum absolute atomic E-state index is 0.000616. The molecular formula is C12H18N4O. The molecule has 1 fully saturated rings. The Bertz CT molecular complexity index is 403. The van der Waals surface area contributed by atoms with Crippen molar-refractivity contribution in [1.82, 2.24) is 15.3 Å². The summed E-state index contributed by atoms with van der Waals surface area (Å²) in [5.74, 6) is 1.27. The molecular weight excluding hydrogens is 216 g/mol. The highest BCUT2D eigenvalue weighted by Crippen LogP contribution is 2.32. The van der Waals surface area contributed by atoms with E-state index >= 15 is 0 Å². The number of hydrogen-bond donors (Lipinski definition) is 2. The van der Waals surface area contributed by atoms with Crippen molar-refractivity contribution in [3.8, 4) is 0 Å². The molecule has 1 aliphatic rings. The van der Waals surface area contributed by atoms with Crippen LogP contribution in [-0.2, 0) is 11.3 Å². The number of nitrogens with zero attached hydrogens (tertiary/aromatic N) is 2. The summed E-state index contributed by atoms with van der Waals surface area (Å²) in [5.41, 5.74) is 6.71. The zero-order chi connectivity index (χ0) is 12.3. The molecule has 1 heterocycles. The highest BCUT2D eigenvalue weighted by Gasteiger charge is 2.29. The van der Waals surface area contributed by atoms with Crippen molar-refractivity contribution in [2.45, 2.75) is 38.8 Å². The highest BCUT2D eigenvalue weighted by atomic mass is 16.1. The van der Waals surface area contributed by atoms with Crippen LogP contribution in [0.5, 0.6) is 0 Å². The van der Waals surface area contributed by atoms with Crippen LogP contribution in [0.4, 0.5) is 0 Å². The van der Waals surface area contributed by atoms with E-state index in [0.29, 0.717) is 24.7 Å². The van der Waals surface area contributed by atoms with E-state index in [9.17, 15) is 4.79 Å². The molecule has 5 heteroatoms. The average Bonchev–Trinajstić information content (AvgIpc) is 3.10. The number of aryl methyl sites for hydroxylation is 1. The van der Waals surface area contributed by atoms with Crippen LogP contribution < -0.4 is 11.1 Å². The van der Waals surface area contributed by atoms with Crippen molar-refractivity contribution in [3.63, 3.8) is 0 Å². The van der Waals surface area contributed by atoms with E-state index in [4.69, 9.17) is 5.73 Å². The van der Waals surface area contributed by atoms with Crippen molar-refractivity contribution in [3.05, 3.63) is 23.8 Å². The second kappa shape index (κ2) is 5.23. The van der Waals surface area contributed by atoms with Crippen LogP contribution in [0.3, 0.4) is 0 Å². The molecule has 2 rings (SSSR count). The number of aromatic nitrogens is 2. The molecule has 0 aromatic carbocycles. The lowest BCUT2D eigenvalue weighted by Gasteiger charge is -2.10. The fourth-order valence-corrected chi connectivity index (χ4v) is 1.77. The normalized spacial score (nSPS) is 16.6. The van der Waals surface area contributed by atoms with Crippen LogP contribution >= 0.6 is 0 Å². The van der Waals surface area contributed by atoms with Gasteiger partial charge >= 0.3 is 0 Å². The summed E-state index contributed by atoms with van der Waals surface area (Å²) >= 11 is 0. The molecule has 92 valence electrons. The molecule has 1 amide bonds. The fraction of sp³-hybridized carbons (Fsp3) is 0.583. The van der Waals surface area contributed by atoms with Gasteiger partial charge in [-0.2, -0.15) is 0 Å². The van der Waals surface area contributed by atoms with Gasteiger partial charge in [0.1, 0.15) is 5.82 Å². The summed E-state index contributed by atoms with van der Waals surface area (Å²) in [6.45, 7) is 2.27. The number of nitrogens with one attached hydrogen (secondary N) is 1. The van der Waals surface area contributed by atoms with Crippen LogP contribution in [0, 0.1) is 12.8 Å². The molecule has 5 nitrogen and oxygen atoms in total. The predicted octanol–water partition coefficient (Wildman–Crippen LogP) is 0.529. The molecule has 1 unspecified atom stereocenters. The van der Waals surface area contributed by atoms with E-state index in [2.05, 4.69) is 15.3 Å². The standard InChI is InChI=1S/C12H18N4O/c1-8-14-5-4-10(16-8)7-15-12(17)6-11(13)9-2-3-9/h4-5,9,11H,2-3,6-7,13H2,1H3,(H,15,17). The van der Waals surface area contributed by atoms with E-state index in [1.165, 1.54) is 12.8 Å². The molecule has 0 saturated heterocycles. The lowest BCUT2D eigenvalue weighted by molar-refractivity contribution is -0.121. The topological polar surface area (TPSA) is 80.9 Å². The first-order valence-corrected chi connectivity index (χ1v) is 5.96. The minimum Gasteiger partial charge on any atom is -0.350 e. The van der Waals surface area contributed by atoms with Gasteiger partial charge in [-0.05, 0) is 31.7 Å². The molecule has 3 N–H and O–H groups in total. The van der Waals surface area contributed by atoms with Gasteiger partial charge in [0.15, 0.2) is 0 Å². The van der Waals surface area contributed by atoms with E-state index in [-0.39, 0.29) is 11.9 Å². The SMILES string of the molecule is Cc1nccc(CNC(=O)CC(N)C2CC2)n1. The van der Waals surface area contributed by atoms with Crippen LogP contribution in [0.2, 0.25) is 0 Å². The summed E-state index contributed by atoms with van der Waals surface area (Å²) in [6, 6.07) is 1.82. The third-order valence-corrected chi connectivity index (χ3v) is 2.95. The average molecular weight is 234 g/mol. The van der Waals surface area contributed by atoms with Gasteiger partial charge in [-0.25, -0.2) is 9.97 Å². The monoisotopic (exact) mass is 234 g/mol. The van der Waals surface area contributed by atoms with Gasteiger partial charge in [-0.3, -0.25) is 4.79 Å². The molecule has 0 radical (unpaired) electrons. The Balaban J connectivity index is 1.75. The van der Waals surface area contributed by atoms with Crippen molar-refractivity contribution in [2.75, 3.05) is 0 Å². The molecule has 1 aromatic heterocycles. The quantitative estimate of drug-likeness (QED) is 0.778. The van der Waals surface area contributed by atoms with Crippen LogP contribution in [0.25, 0.3) is 0 Å². The van der Waals surface area contributed by atoms with E-state index < -0.39 is 0 Å². The second-order valence-corrected chi connectivity index (χ2v) is 4.58. The predicted molar refractivity (Wildman–Crippen MR) is 63.9 cm³/mol. The second-order valence-electron chi connectivity index (χ2n) is 4.58. The number of carbonyl (C=O) groups excluding carboxylic acids is 1. The first kappa shape index (κ1) is 12.0. The zero-order valence-corrected chi connectivity index (χ0v) is 10.0. The molecule has 1 aromatic rings. The maximum atomic E-state index is 11.6. The minimum atomic E-state index is 0.000616. The molecule has 0 aliphatic heterocycles. The Hall–Kier alpha value is -1.49. The van der Waals surface area contributed by atoms with Crippen LogP contribution in [0.15, 0.2) is 12.3 Å². The number of carbonyl (C=O) groups is 1. The van der Waals surface area contributed by atoms with Crippen LogP contribution in [-0.4, -0.2) is 21.9 Å². The Morgan fingerprint density at radius 1 is 1.65 bits per heavy atom. The Morgan fingerprint density at radius 3 is 3.06 bits per heavy atom. The van der Waals surface area contributed by atoms with Gasteiger partial charge in [0.2, 0.25) is 5.91 Å². The number of rotatable bonds is 5.